The van der Waals surface area contributed by atoms with Crippen molar-refractivity contribution < 1.29 is 4.74 Å². The van der Waals surface area contributed by atoms with Crippen molar-refractivity contribution in [1.82, 2.24) is 19.9 Å². The van der Waals surface area contributed by atoms with Gasteiger partial charge in [0.1, 0.15) is 12.1 Å². The minimum Gasteiger partial charge on any atom is -0.387 e. The van der Waals surface area contributed by atoms with Crippen LogP contribution in [0.15, 0.2) is 43.0 Å². The zero-order valence-electron chi connectivity index (χ0n) is 18.1. The topological polar surface area (TPSA) is 75.2 Å². The quantitative estimate of drug-likeness (QED) is 0.653. The third kappa shape index (κ3) is 4.48. The molecule has 0 amide bonds. The number of pyridine rings is 1. The molecule has 3 heterocycles. The maximum Gasteiger partial charge on any atom is 0.137 e. The summed E-state index contributed by atoms with van der Waals surface area (Å²) in [5.74, 6) is 0.930. The number of nitrogens with zero attached hydrogens (tertiary/aromatic N) is 4. The van der Waals surface area contributed by atoms with E-state index in [9.17, 15) is 0 Å². The number of hydrogen-bond donors (Lipinski definition) is 2. The number of ether oxygens (including phenoxy) is 1. The minimum atomic E-state index is 0.452. The summed E-state index contributed by atoms with van der Waals surface area (Å²) in [5.41, 5.74) is 4.15. The molecule has 2 aliphatic rings. The lowest BCUT2D eigenvalue weighted by Gasteiger charge is -2.39. The van der Waals surface area contributed by atoms with Gasteiger partial charge in [0.15, 0.2) is 0 Å². The molecular formula is C24H30N6O. The highest BCUT2D eigenvalue weighted by Gasteiger charge is 2.27. The molecule has 1 aromatic carbocycles. The van der Waals surface area contributed by atoms with Gasteiger partial charge in [0.2, 0.25) is 0 Å². The van der Waals surface area contributed by atoms with Crippen molar-refractivity contribution >= 4 is 22.4 Å². The second-order valence-corrected chi connectivity index (χ2v) is 8.46. The van der Waals surface area contributed by atoms with Crippen molar-refractivity contribution in [2.24, 2.45) is 0 Å². The Kier molecular flexibility index (Phi) is 5.95. The van der Waals surface area contributed by atoms with E-state index >= 15 is 0 Å². The maximum atomic E-state index is 5.51. The van der Waals surface area contributed by atoms with E-state index in [0.717, 1.165) is 59.8 Å². The number of fused-ring (bicyclic) bond motifs is 1. The first-order chi connectivity index (χ1) is 15.3. The van der Waals surface area contributed by atoms with Crippen LogP contribution in [-0.4, -0.2) is 65.3 Å². The van der Waals surface area contributed by atoms with E-state index in [2.05, 4.69) is 54.8 Å². The molecule has 0 unspecified atom stereocenters. The third-order valence-electron chi connectivity index (χ3n) is 6.60. The molecule has 7 nitrogen and oxygen atoms in total. The number of nitrogens with one attached hydrogen (secondary N) is 2. The summed E-state index contributed by atoms with van der Waals surface area (Å²) in [6.07, 6.45) is 10.2. The Morgan fingerprint density at radius 3 is 2.61 bits per heavy atom. The smallest absolute Gasteiger partial charge is 0.137 e. The van der Waals surface area contributed by atoms with Crippen molar-refractivity contribution in [2.45, 2.75) is 37.8 Å². The molecule has 1 aliphatic carbocycles. The van der Waals surface area contributed by atoms with Gasteiger partial charge in [-0.15, -0.1) is 0 Å². The van der Waals surface area contributed by atoms with Gasteiger partial charge in [0, 0.05) is 55.6 Å². The van der Waals surface area contributed by atoms with E-state index in [-0.39, 0.29) is 0 Å². The van der Waals surface area contributed by atoms with Gasteiger partial charge in [-0.1, -0.05) is 6.07 Å². The molecule has 1 saturated heterocycles. The van der Waals surface area contributed by atoms with Gasteiger partial charge in [-0.25, -0.2) is 9.97 Å². The Hall–Kier alpha value is -2.77. The highest BCUT2D eigenvalue weighted by atomic mass is 16.5. The van der Waals surface area contributed by atoms with Crippen LogP contribution in [0.3, 0.4) is 0 Å². The van der Waals surface area contributed by atoms with Crippen LogP contribution < -0.4 is 10.6 Å². The fraction of sp³-hybridized carbons (Fsp3) is 0.458. The Bertz CT molecular complexity index is 1030. The van der Waals surface area contributed by atoms with Gasteiger partial charge in [-0.3, -0.25) is 9.88 Å². The summed E-state index contributed by atoms with van der Waals surface area (Å²) in [6, 6.07) is 9.60. The van der Waals surface area contributed by atoms with Crippen molar-refractivity contribution in [3.05, 3.63) is 43.0 Å². The zero-order valence-corrected chi connectivity index (χ0v) is 18.1. The largest absolute Gasteiger partial charge is 0.387 e. The van der Waals surface area contributed by atoms with E-state index in [1.807, 2.05) is 19.4 Å². The number of morpholine rings is 1. The van der Waals surface area contributed by atoms with Gasteiger partial charge in [0.25, 0.3) is 0 Å². The molecule has 1 saturated carbocycles. The predicted octanol–water partition coefficient (Wildman–Crippen LogP) is 3.79. The molecule has 0 spiro atoms. The summed E-state index contributed by atoms with van der Waals surface area (Å²) >= 11 is 0. The van der Waals surface area contributed by atoms with E-state index in [1.165, 1.54) is 25.7 Å². The SMILES string of the molecule is CNc1cncc(-c2ccc3ncnc(NC4CCC(N5CCOCC5)CC4)c3c2)c1. The molecule has 2 N–H and O–H groups in total. The third-order valence-corrected chi connectivity index (χ3v) is 6.60. The van der Waals surface area contributed by atoms with Crippen LogP contribution in [0.5, 0.6) is 0 Å². The second kappa shape index (κ2) is 9.16. The number of benzene rings is 1. The van der Waals surface area contributed by atoms with Crippen molar-refractivity contribution in [3.63, 3.8) is 0 Å². The lowest BCUT2D eigenvalue weighted by Crippen LogP contribution is -2.46. The standard InChI is InChI=1S/C24H30N6O/c1-25-20-12-18(14-26-15-20)17-2-7-23-22(13-17)24(28-16-27-23)29-19-3-5-21(6-4-19)30-8-10-31-11-9-30/h2,7,12-16,19,21,25H,3-6,8-11H2,1H3,(H,27,28,29). The molecule has 7 heteroatoms. The van der Waals surface area contributed by atoms with Crippen molar-refractivity contribution in [2.75, 3.05) is 44.0 Å². The number of anilines is 2. The average molecular weight is 419 g/mol. The first-order valence-corrected chi connectivity index (χ1v) is 11.3. The number of aromatic nitrogens is 3. The van der Waals surface area contributed by atoms with Crippen molar-refractivity contribution in [1.29, 1.82) is 0 Å². The van der Waals surface area contributed by atoms with Crippen LogP contribution in [0.2, 0.25) is 0 Å². The first kappa shape index (κ1) is 20.2. The summed E-state index contributed by atoms with van der Waals surface area (Å²) in [7, 11) is 1.91. The van der Waals surface area contributed by atoms with Crippen LogP contribution in [0.25, 0.3) is 22.0 Å². The normalized spacial score (nSPS) is 22.4. The molecule has 5 rings (SSSR count). The Morgan fingerprint density at radius 1 is 0.968 bits per heavy atom. The van der Waals surface area contributed by atoms with Crippen molar-refractivity contribution in [3.8, 4) is 11.1 Å². The molecule has 162 valence electrons. The predicted molar refractivity (Wildman–Crippen MR) is 124 cm³/mol. The Labute approximate surface area is 183 Å². The lowest BCUT2D eigenvalue weighted by molar-refractivity contribution is 0.00791. The zero-order chi connectivity index (χ0) is 21.0. The van der Waals surface area contributed by atoms with Gasteiger partial charge in [0.05, 0.1) is 24.4 Å². The van der Waals surface area contributed by atoms with Gasteiger partial charge in [-0.2, -0.15) is 0 Å². The van der Waals surface area contributed by atoms with E-state index in [4.69, 9.17) is 4.74 Å². The highest BCUT2D eigenvalue weighted by Crippen LogP contribution is 2.30. The second-order valence-electron chi connectivity index (χ2n) is 8.46. The molecular weight excluding hydrogens is 388 g/mol. The summed E-state index contributed by atoms with van der Waals surface area (Å²) in [4.78, 5) is 16.0. The van der Waals surface area contributed by atoms with E-state index in [0.29, 0.717) is 12.1 Å². The maximum absolute atomic E-state index is 5.51. The van der Waals surface area contributed by atoms with E-state index < -0.39 is 0 Å². The molecule has 0 atom stereocenters. The number of rotatable bonds is 5. The van der Waals surface area contributed by atoms with Crippen LogP contribution in [-0.2, 0) is 4.74 Å². The molecule has 2 fully saturated rings. The Morgan fingerprint density at radius 2 is 1.81 bits per heavy atom. The molecule has 3 aromatic rings. The number of hydrogen-bond acceptors (Lipinski definition) is 7. The molecule has 0 bridgehead atoms. The first-order valence-electron chi connectivity index (χ1n) is 11.3. The summed E-state index contributed by atoms with van der Waals surface area (Å²) < 4.78 is 5.51. The van der Waals surface area contributed by atoms with E-state index in [1.54, 1.807) is 6.33 Å². The minimum absolute atomic E-state index is 0.452. The highest BCUT2D eigenvalue weighted by molar-refractivity contribution is 5.92. The van der Waals surface area contributed by atoms with Crippen LogP contribution in [0, 0.1) is 0 Å². The van der Waals surface area contributed by atoms with Crippen LogP contribution in [0.1, 0.15) is 25.7 Å². The van der Waals surface area contributed by atoms with Crippen LogP contribution in [0.4, 0.5) is 11.5 Å². The fourth-order valence-corrected chi connectivity index (χ4v) is 4.81. The summed E-state index contributed by atoms with van der Waals surface area (Å²) in [6.45, 7) is 3.90. The molecule has 31 heavy (non-hydrogen) atoms. The molecule has 0 radical (unpaired) electrons. The van der Waals surface area contributed by atoms with Gasteiger partial charge in [-0.05, 0) is 49.4 Å². The molecule has 1 aliphatic heterocycles. The fourth-order valence-electron chi connectivity index (χ4n) is 4.81. The lowest BCUT2D eigenvalue weighted by atomic mass is 9.90. The van der Waals surface area contributed by atoms with Crippen LogP contribution >= 0.6 is 0 Å². The average Bonchev–Trinajstić information content (AvgIpc) is 2.85. The molecule has 2 aromatic heterocycles. The van der Waals surface area contributed by atoms with Gasteiger partial charge < -0.3 is 15.4 Å². The monoisotopic (exact) mass is 418 g/mol. The Balaban J connectivity index is 1.33. The van der Waals surface area contributed by atoms with Gasteiger partial charge >= 0.3 is 0 Å². The summed E-state index contributed by atoms with van der Waals surface area (Å²) in [5, 5.41) is 7.94.